The summed E-state index contributed by atoms with van der Waals surface area (Å²) in [4.78, 5) is 15.8. The summed E-state index contributed by atoms with van der Waals surface area (Å²) in [6.07, 6.45) is 0. The molecule has 1 aromatic heterocycles. The van der Waals surface area contributed by atoms with Gasteiger partial charge in [0, 0.05) is 30.6 Å². The smallest absolute Gasteiger partial charge is 0.234 e. The third-order valence-electron chi connectivity index (χ3n) is 4.32. The molecule has 2 heterocycles. The van der Waals surface area contributed by atoms with Crippen molar-refractivity contribution in [3.63, 3.8) is 0 Å². The predicted molar refractivity (Wildman–Crippen MR) is 94.6 cm³/mol. The van der Waals surface area contributed by atoms with Crippen LogP contribution in [0.15, 0.2) is 41.8 Å². The van der Waals surface area contributed by atoms with E-state index in [-0.39, 0.29) is 17.8 Å². The molecule has 128 valence electrons. The van der Waals surface area contributed by atoms with Gasteiger partial charge in [0.05, 0.1) is 12.6 Å². The average molecular weight is 347 g/mol. The van der Waals surface area contributed by atoms with E-state index in [4.69, 9.17) is 0 Å². The minimum Gasteiger partial charge on any atom is -0.343 e. The fourth-order valence-corrected chi connectivity index (χ4v) is 3.74. The lowest BCUT2D eigenvalue weighted by atomic mass is 10.1. The highest BCUT2D eigenvalue weighted by atomic mass is 32.1. The first-order chi connectivity index (χ1) is 11.6. The van der Waals surface area contributed by atoms with Gasteiger partial charge in [0.15, 0.2) is 0 Å². The van der Waals surface area contributed by atoms with Crippen molar-refractivity contribution in [2.24, 2.45) is 0 Å². The van der Waals surface area contributed by atoms with E-state index in [1.807, 2.05) is 17.5 Å². The summed E-state index contributed by atoms with van der Waals surface area (Å²) in [5.74, 6) is -0.281. The van der Waals surface area contributed by atoms with E-state index in [0.29, 0.717) is 12.6 Å². The van der Waals surface area contributed by atoms with Crippen molar-refractivity contribution in [1.82, 2.24) is 15.5 Å². The van der Waals surface area contributed by atoms with Gasteiger partial charge in [-0.2, -0.15) is 0 Å². The number of nitrogens with one attached hydrogen (secondary N) is 2. The molecule has 2 N–H and O–H groups in total. The number of amides is 1. The lowest BCUT2D eigenvalue weighted by Gasteiger charge is -2.33. The third kappa shape index (κ3) is 4.20. The van der Waals surface area contributed by atoms with Crippen molar-refractivity contribution in [1.29, 1.82) is 0 Å². The molecule has 1 unspecified atom stereocenters. The lowest BCUT2D eigenvalue weighted by molar-refractivity contribution is -0.123. The van der Waals surface area contributed by atoms with Gasteiger partial charge in [0.1, 0.15) is 5.82 Å². The fraction of sp³-hybridized carbons (Fsp3) is 0.389. The Morgan fingerprint density at radius 2 is 2.21 bits per heavy atom. The zero-order valence-electron chi connectivity index (χ0n) is 13.7. The van der Waals surface area contributed by atoms with Crippen LogP contribution in [-0.4, -0.2) is 43.0 Å². The van der Waals surface area contributed by atoms with Crippen LogP contribution < -0.4 is 10.6 Å². The van der Waals surface area contributed by atoms with Gasteiger partial charge in [-0.05, 0) is 36.1 Å². The quantitative estimate of drug-likeness (QED) is 0.873. The predicted octanol–water partition coefficient (Wildman–Crippen LogP) is 2.39. The van der Waals surface area contributed by atoms with E-state index in [1.165, 1.54) is 12.1 Å². The van der Waals surface area contributed by atoms with Crippen LogP contribution in [0.4, 0.5) is 4.39 Å². The molecule has 0 saturated carbocycles. The highest BCUT2D eigenvalue weighted by molar-refractivity contribution is 7.10. The molecule has 0 radical (unpaired) electrons. The van der Waals surface area contributed by atoms with Crippen molar-refractivity contribution in [3.8, 4) is 0 Å². The highest BCUT2D eigenvalue weighted by Crippen LogP contribution is 2.26. The third-order valence-corrected chi connectivity index (χ3v) is 5.26. The summed E-state index contributed by atoms with van der Waals surface area (Å²) in [5, 5.41) is 8.42. The molecule has 0 aliphatic carbocycles. The normalized spacial score (nSPS) is 19.8. The van der Waals surface area contributed by atoms with Gasteiger partial charge in [0.25, 0.3) is 0 Å². The summed E-state index contributed by atoms with van der Waals surface area (Å²) in [7, 11) is 0. The topological polar surface area (TPSA) is 44.4 Å². The Kier molecular flexibility index (Phi) is 5.60. The van der Waals surface area contributed by atoms with E-state index in [9.17, 15) is 9.18 Å². The average Bonchev–Trinajstić information content (AvgIpc) is 3.10. The van der Waals surface area contributed by atoms with Gasteiger partial charge < -0.3 is 10.6 Å². The minimum absolute atomic E-state index is 0.00789. The number of halogens is 1. The van der Waals surface area contributed by atoms with E-state index < -0.39 is 0 Å². The van der Waals surface area contributed by atoms with Crippen LogP contribution >= 0.6 is 11.3 Å². The molecule has 4 nitrogen and oxygen atoms in total. The summed E-state index contributed by atoms with van der Waals surface area (Å²) in [6.45, 7) is 5.18. The van der Waals surface area contributed by atoms with Crippen LogP contribution in [-0.2, 0) is 4.79 Å². The van der Waals surface area contributed by atoms with Crippen LogP contribution in [0.3, 0.4) is 0 Å². The molecule has 3 rings (SSSR count). The number of carbonyl (C=O) groups is 1. The molecule has 2 atom stereocenters. The SMILES string of the molecule is C[C@@H]1CNCCN1CC(=O)NC(c1ccc(F)cc1)c1cccs1. The number of hydrogen-bond acceptors (Lipinski definition) is 4. The molecule has 0 bridgehead atoms. The van der Waals surface area contributed by atoms with Crippen LogP contribution in [0.2, 0.25) is 0 Å². The maximum atomic E-state index is 13.2. The number of benzene rings is 1. The summed E-state index contributed by atoms with van der Waals surface area (Å²) in [6, 6.07) is 10.4. The van der Waals surface area contributed by atoms with Gasteiger partial charge >= 0.3 is 0 Å². The lowest BCUT2D eigenvalue weighted by Crippen LogP contribution is -2.53. The maximum absolute atomic E-state index is 13.2. The number of piperazine rings is 1. The largest absolute Gasteiger partial charge is 0.343 e. The Balaban J connectivity index is 1.72. The van der Waals surface area contributed by atoms with E-state index in [1.54, 1.807) is 23.5 Å². The molecule has 6 heteroatoms. The van der Waals surface area contributed by atoms with Crippen LogP contribution in [0.25, 0.3) is 0 Å². The van der Waals surface area contributed by atoms with Gasteiger partial charge in [-0.15, -0.1) is 11.3 Å². The molecule has 1 aliphatic rings. The molecule has 1 aliphatic heterocycles. The van der Waals surface area contributed by atoms with E-state index in [2.05, 4.69) is 22.5 Å². The summed E-state index contributed by atoms with van der Waals surface area (Å²) >= 11 is 1.59. The first-order valence-corrected chi connectivity index (χ1v) is 9.04. The van der Waals surface area contributed by atoms with Crippen molar-refractivity contribution in [3.05, 3.63) is 58.0 Å². The zero-order valence-corrected chi connectivity index (χ0v) is 14.5. The first-order valence-electron chi connectivity index (χ1n) is 8.16. The minimum atomic E-state index is -0.273. The molecular weight excluding hydrogens is 325 g/mol. The molecule has 1 amide bonds. The molecular formula is C18H22FN3OS. The van der Waals surface area contributed by atoms with Crippen LogP contribution in [0, 0.1) is 5.82 Å². The first kappa shape index (κ1) is 17.1. The summed E-state index contributed by atoms with van der Waals surface area (Å²) < 4.78 is 13.2. The molecule has 0 spiro atoms. The Labute approximate surface area is 145 Å². The highest BCUT2D eigenvalue weighted by Gasteiger charge is 2.23. The Hall–Kier alpha value is -1.76. The second-order valence-corrected chi connectivity index (χ2v) is 7.07. The molecule has 1 fully saturated rings. The Morgan fingerprint density at radius 3 is 2.88 bits per heavy atom. The van der Waals surface area contributed by atoms with Crippen molar-refractivity contribution in [2.45, 2.75) is 19.0 Å². The van der Waals surface area contributed by atoms with Crippen molar-refractivity contribution in [2.75, 3.05) is 26.2 Å². The number of rotatable bonds is 5. The zero-order chi connectivity index (χ0) is 16.9. The van der Waals surface area contributed by atoms with Gasteiger partial charge in [-0.3, -0.25) is 9.69 Å². The number of carbonyl (C=O) groups excluding carboxylic acids is 1. The number of thiophene rings is 1. The van der Waals surface area contributed by atoms with Gasteiger partial charge in [0.2, 0.25) is 5.91 Å². The number of hydrogen-bond donors (Lipinski definition) is 2. The molecule has 1 aromatic carbocycles. The van der Waals surface area contributed by atoms with Gasteiger partial charge in [-0.1, -0.05) is 18.2 Å². The van der Waals surface area contributed by atoms with Crippen molar-refractivity contribution < 1.29 is 9.18 Å². The standard InChI is InChI=1S/C18H22FN3OS/c1-13-11-20-8-9-22(13)12-17(23)21-18(16-3-2-10-24-16)14-4-6-15(19)7-5-14/h2-7,10,13,18,20H,8-9,11-12H2,1H3,(H,21,23)/t13-,18?/m1/s1. The molecule has 1 saturated heterocycles. The monoisotopic (exact) mass is 347 g/mol. The molecule has 24 heavy (non-hydrogen) atoms. The Morgan fingerprint density at radius 1 is 1.42 bits per heavy atom. The van der Waals surface area contributed by atoms with E-state index >= 15 is 0 Å². The second-order valence-electron chi connectivity index (χ2n) is 6.09. The van der Waals surface area contributed by atoms with Crippen LogP contribution in [0.1, 0.15) is 23.4 Å². The van der Waals surface area contributed by atoms with Gasteiger partial charge in [-0.25, -0.2) is 4.39 Å². The second kappa shape index (κ2) is 7.88. The Bertz CT molecular complexity index is 659. The fourth-order valence-electron chi connectivity index (χ4n) is 2.94. The molecule has 2 aromatic rings. The van der Waals surface area contributed by atoms with E-state index in [0.717, 1.165) is 30.1 Å². The van der Waals surface area contributed by atoms with Crippen molar-refractivity contribution >= 4 is 17.2 Å². The number of nitrogens with zero attached hydrogens (tertiary/aromatic N) is 1. The summed E-state index contributed by atoms with van der Waals surface area (Å²) in [5.41, 5.74) is 0.889. The maximum Gasteiger partial charge on any atom is 0.234 e. The van der Waals surface area contributed by atoms with Crippen LogP contribution in [0.5, 0.6) is 0 Å².